The van der Waals surface area contributed by atoms with E-state index in [1.54, 1.807) is 0 Å². The number of hydrogen-bond acceptors (Lipinski definition) is 2. The third kappa shape index (κ3) is 4.35. The van der Waals surface area contributed by atoms with Crippen LogP contribution in [0.4, 0.5) is 0 Å². The van der Waals surface area contributed by atoms with Gasteiger partial charge in [-0.05, 0) is 32.4 Å². The first-order chi connectivity index (χ1) is 7.77. The summed E-state index contributed by atoms with van der Waals surface area (Å²) in [5.41, 5.74) is 1.33. The smallest absolute Gasteiger partial charge is 0.0492 e. The molecule has 1 unspecified atom stereocenters. The molecule has 1 heterocycles. The highest BCUT2D eigenvalue weighted by Gasteiger charge is 2.07. The molecule has 1 aromatic rings. The standard InChI is InChI=1S/C13H25N3/c1-4-5-6-7-12(14-2)8-9-13-10-11-15-16(13)3/h10-12,14H,4-9H2,1-3H3. The van der Waals surface area contributed by atoms with E-state index in [0.717, 1.165) is 6.42 Å². The number of unbranched alkanes of at least 4 members (excludes halogenated alkanes) is 2. The molecular weight excluding hydrogens is 198 g/mol. The summed E-state index contributed by atoms with van der Waals surface area (Å²) in [6.45, 7) is 2.25. The second-order valence-corrected chi connectivity index (χ2v) is 4.47. The van der Waals surface area contributed by atoms with Crippen molar-refractivity contribution in [1.29, 1.82) is 0 Å². The first-order valence-electron chi connectivity index (χ1n) is 6.42. The van der Waals surface area contributed by atoms with Crippen LogP contribution in [0.2, 0.25) is 0 Å². The fourth-order valence-corrected chi connectivity index (χ4v) is 2.04. The lowest BCUT2D eigenvalue weighted by Crippen LogP contribution is -2.25. The molecule has 0 bridgehead atoms. The highest BCUT2D eigenvalue weighted by atomic mass is 15.2. The van der Waals surface area contributed by atoms with Gasteiger partial charge in [-0.2, -0.15) is 5.10 Å². The SMILES string of the molecule is CCCCCC(CCc1ccnn1C)NC. The van der Waals surface area contributed by atoms with Crippen molar-refractivity contribution in [2.45, 2.75) is 51.5 Å². The number of rotatable bonds is 8. The van der Waals surface area contributed by atoms with Crippen molar-refractivity contribution in [2.75, 3.05) is 7.05 Å². The Labute approximate surface area is 99.2 Å². The van der Waals surface area contributed by atoms with E-state index in [9.17, 15) is 0 Å². The lowest BCUT2D eigenvalue weighted by atomic mass is 10.0. The number of aromatic nitrogens is 2. The first-order valence-corrected chi connectivity index (χ1v) is 6.42. The summed E-state index contributed by atoms with van der Waals surface area (Å²) < 4.78 is 1.97. The average molecular weight is 223 g/mol. The molecule has 3 nitrogen and oxygen atoms in total. The molecule has 16 heavy (non-hydrogen) atoms. The minimum Gasteiger partial charge on any atom is -0.317 e. The largest absolute Gasteiger partial charge is 0.317 e. The maximum Gasteiger partial charge on any atom is 0.0492 e. The van der Waals surface area contributed by atoms with E-state index in [1.165, 1.54) is 37.8 Å². The van der Waals surface area contributed by atoms with Crippen LogP contribution in [-0.4, -0.2) is 22.9 Å². The molecule has 0 aliphatic rings. The summed E-state index contributed by atoms with van der Waals surface area (Å²) in [4.78, 5) is 0. The highest BCUT2D eigenvalue weighted by molar-refractivity contribution is 5.00. The number of hydrogen-bond donors (Lipinski definition) is 1. The third-order valence-corrected chi connectivity index (χ3v) is 3.24. The Kier molecular flexibility index (Phi) is 6.16. The molecule has 0 saturated heterocycles. The van der Waals surface area contributed by atoms with Gasteiger partial charge < -0.3 is 5.32 Å². The Balaban J connectivity index is 2.26. The summed E-state index contributed by atoms with van der Waals surface area (Å²) in [5, 5.41) is 7.61. The molecule has 1 aromatic heterocycles. The van der Waals surface area contributed by atoms with Gasteiger partial charge in [0.15, 0.2) is 0 Å². The van der Waals surface area contributed by atoms with Crippen LogP contribution in [0.25, 0.3) is 0 Å². The van der Waals surface area contributed by atoms with Crippen molar-refractivity contribution in [1.82, 2.24) is 15.1 Å². The topological polar surface area (TPSA) is 29.9 Å². The predicted molar refractivity (Wildman–Crippen MR) is 68.5 cm³/mol. The zero-order chi connectivity index (χ0) is 11.8. The lowest BCUT2D eigenvalue weighted by Gasteiger charge is -2.15. The normalized spacial score (nSPS) is 12.9. The first kappa shape index (κ1) is 13.2. The van der Waals surface area contributed by atoms with E-state index in [0.29, 0.717) is 6.04 Å². The molecule has 0 amide bonds. The second kappa shape index (κ2) is 7.44. The van der Waals surface area contributed by atoms with E-state index in [2.05, 4.69) is 30.5 Å². The van der Waals surface area contributed by atoms with Crippen molar-refractivity contribution in [2.24, 2.45) is 7.05 Å². The summed E-state index contributed by atoms with van der Waals surface area (Å²) in [7, 11) is 4.08. The minimum absolute atomic E-state index is 0.654. The fourth-order valence-electron chi connectivity index (χ4n) is 2.04. The second-order valence-electron chi connectivity index (χ2n) is 4.47. The van der Waals surface area contributed by atoms with Crippen LogP contribution in [-0.2, 0) is 13.5 Å². The molecule has 1 rings (SSSR count). The predicted octanol–water partition coefficient (Wildman–Crippen LogP) is 2.52. The number of nitrogens with one attached hydrogen (secondary N) is 1. The molecule has 0 spiro atoms. The monoisotopic (exact) mass is 223 g/mol. The quantitative estimate of drug-likeness (QED) is 0.686. The molecule has 3 heteroatoms. The summed E-state index contributed by atoms with van der Waals surface area (Å²) >= 11 is 0. The van der Waals surface area contributed by atoms with Crippen LogP contribution >= 0.6 is 0 Å². The average Bonchev–Trinajstić information content (AvgIpc) is 2.69. The van der Waals surface area contributed by atoms with Gasteiger partial charge in [0, 0.05) is 25.0 Å². The Morgan fingerprint density at radius 2 is 2.19 bits per heavy atom. The van der Waals surface area contributed by atoms with Crippen molar-refractivity contribution in [3.63, 3.8) is 0 Å². The van der Waals surface area contributed by atoms with Crippen molar-refractivity contribution in [3.05, 3.63) is 18.0 Å². The molecule has 1 N–H and O–H groups in total. The lowest BCUT2D eigenvalue weighted by molar-refractivity contribution is 0.459. The van der Waals surface area contributed by atoms with Crippen LogP contribution < -0.4 is 5.32 Å². The molecule has 1 atom stereocenters. The molecule has 0 aromatic carbocycles. The molecule has 0 fully saturated rings. The molecular formula is C13H25N3. The molecule has 92 valence electrons. The van der Waals surface area contributed by atoms with Gasteiger partial charge in [-0.15, -0.1) is 0 Å². The highest BCUT2D eigenvalue weighted by Crippen LogP contribution is 2.10. The fraction of sp³-hybridized carbons (Fsp3) is 0.769. The van der Waals surface area contributed by atoms with Crippen molar-refractivity contribution in [3.8, 4) is 0 Å². The molecule has 0 aliphatic heterocycles. The molecule has 0 aliphatic carbocycles. The van der Waals surface area contributed by atoms with E-state index in [-0.39, 0.29) is 0 Å². The number of nitrogens with zero attached hydrogens (tertiary/aromatic N) is 2. The number of aryl methyl sites for hydroxylation is 2. The van der Waals surface area contributed by atoms with Gasteiger partial charge in [0.2, 0.25) is 0 Å². The third-order valence-electron chi connectivity index (χ3n) is 3.24. The minimum atomic E-state index is 0.654. The van der Waals surface area contributed by atoms with Gasteiger partial charge in [0.05, 0.1) is 0 Å². The van der Waals surface area contributed by atoms with E-state index in [4.69, 9.17) is 0 Å². The van der Waals surface area contributed by atoms with Crippen molar-refractivity contribution < 1.29 is 0 Å². The summed E-state index contributed by atoms with van der Waals surface area (Å²) in [6.07, 6.45) is 9.49. The summed E-state index contributed by atoms with van der Waals surface area (Å²) in [6, 6.07) is 2.76. The zero-order valence-electron chi connectivity index (χ0n) is 10.9. The maximum absolute atomic E-state index is 4.19. The van der Waals surface area contributed by atoms with E-state index < -0.39 is 0 Å². The van der Waals surface area contributed by atoms with Gasteiger partial charge in [0.1, 0.15) is 0 Å². The van der Waals surface area contributed by atoms with E-state index >= 15 is 0 Å². The van der Waals surface area contributed by atoms with Gasteiger partial charge in [0.25, 0.3) is 0 Å². The van der Waals surface area contributed by atoms with E-state index in [1.807, 2.05) is 17.9 Å². The van der Waals surface area contributed by atoms with Gasteiger partial charge in [-0.3, -0.25) is 4.68 Å². The van der Waals surface area contributed by atoms with Gasteiger partial charge in [-0.25, -0.2) is 0 Å². The van der Waals surface area contributed by atoms with Crippen molar-refractivity contribution >= 4 is 0 Å². The Morgan fingerprint density at radius 3 is 2.75 bits per heavy atom. The summed E-state index contributed by atoms with van der Waals surface area (Å²) in [5.74, 6) is 0. The van der Waals surface area contributed by atoms with Crippen LogP contribution in [0, 0.1) is 0 Å². The maximum atomic E-state index is 4.19. The Morgan fingerprint density at radius 1 is 1.38 bits per heavy atom. The van der Waals surface area contributed by atoms with Crippen LogP contribution in [0.1, 0.15) is 44.7 Å². The molecule has 0 saturated carbocycles. The van der Waals surface area contributed by atoms with Gasteiger partial charge in [-0.1, -0.05) is 26.2 Å². The van der Waals surface area contributed by atoms with Crippen LogP contribution in [0.3, 0.4) is 0 Å². The Hall–Kier alpha value is -0.830. The van der Waals surface area contributed by atoms with Crippen LogP contribution in [0.5, 0.6) is 0 Å². The van der Waals surface area contributed by atoms with Crippen LogP contribution in [0.15, 0.2) is 12.3 Å². The van der Waals surface area contributed by atoms with Gasteiger partial charge >= 0.3 is 0 Å². The molecule has 0 radical (unpaired) electrons. The Bertz CT molecular complexity index is 280. The zero-order valence-corrected chi connectivity index (χ0v) is 10.9.